The molecule has 3 atom stereocenters. The van der Waals surface area contributed by atoms with Crippen molar-refractivity contribution >= 4 is 0 Å². The van der Waals surface area contributed by atoms with Gasteiger partial charge in [0.2, 0.25) is 0 Å². The lowest BCUT2D eigenvalue weighted by molar-refractivity contribution is 0.159. The van der Waals surface area contributed by atoms with Crippen LogP contribution in [0.5, 0.6) is 5.75 Å². The van der Waals surface area contributed by atoms with Crippen molar-refractivity contribution < 1.29 is 10.2 Å². The van der Waals surface area contributed by atoms with Gasteiger partial charge in [-0.2, -0.15) is 0 Å². The molecular formula is C27H30O2. The van der Waals surface area contributed by atoms with Crippen LogP contribution in [0.25, 0.3) is 22.3 Å². The van der Waals surface area contributed by atoms with E-state index in [9.17, 15) is 5.11 Å². The van der Waals surface area contributed by atoms with Crippen LogP contribution in [0.1, 0.15) is 36.0 Å². The fourth-order valence-corrected chi connectivity index (χ4v) is 4.63. The van der Waals surface area contributed by atoms with Crippen molar-refractivity contribution in [1.29, 1.82) is 0 Å². The summed E-state index contributed by atoms with van der Waals surface area (Å²) in [6, 6.07) is 20.5. The summed E-state index contributed by atoms with van der Waals surface area (Å²) >= 11 is 0. The van der Waals surface area contributed by atoms with Gasteiger partial charge in [-0.3, -0.25) is 0 Å². The summed E-state index contributed by atoms with van der Waals surface area (Å²) < 4.78 is 0. The molecule has 0 aromatic heterocycles. The van der Waals surface area contributed by atoms with E-state index in [4.69, 9.17) is 5.11 Å². The molecule has 0 spiro atoms. The van der Waals surface area contributed by atoms with Crippen molar-refractivity contribution in [3.05, 3.63) is 77.4 Å². The highest BCUT2D eigenvalue weighted by Crippen LogP contribution is 2.51. The molecule has 0 bridgehead atoms. The molecule has 3 aromatic rings. The van der Waals surface area contributed by atoms with Crippen molar-refractivity contribution in [3.63, 3.8) is 0 Å². The first-order chi connectivity index (χ1) is 13.9. The van der Waals surface area contributed by atoms with Crippen LogP contribution in [0.4, 0.5) is 0 Å². The third-order valence-corrected chi connectivity index (χ3v) is 6.31. The third-order valence-electron chi connectivity index (χ3n) is 6.31. The minimum Gasteiger partial charge on any atom is -0.507 e. The molecule has 2 nitrogen and oxygen atoms in total. The molecule has 0 aliphatic heterocycles. The van der Waals surface area contributed by atoms with Gasteiger partial charge >= 0.3 is 0 Å². The van der Waals surface area contributed by atoms with Gasteiger partial charge in [0.05, 0.1) is 6.10 Å². The maximum absolute atomic E-state index is 10.5. The van der Waals surface area contributed by atoms with Crippen LogP contribution in [0.2, 0.25) is 0 Å². The number of aromatic hydroxyl groups is 1. The summed E-state index contributed by atoms with van der Waals surface area (Å²) in [6.45, 7) is 6.26. The number of aliphatic hydroxyl groups is 1. The van der Waals surface area contributed by atoms with Gasteiger partial charge in [0, 0.05) is 5.56 Å². The van der Waals surface area contributed by atoms with Crippen molar-refractivity contribution in [1.82, 2.24) is 0 Å². The highest BCUT2D eigenvalue weighted by molar-refractivity contribution is 5.89. The largest absolute Gasteiger partial charge is 0.507 e. The van der Waals surface area contributed by atoms with E-state index < -0.39 is 0 Å². The Kier molecular flexibility index (Phi) is 5.47. The van der Waals surface area contributed by atoms with Crippen LogP contribution in [-0.4, -0.2) is 16.3 Å². The number of rotatable bonds is 2. The number of hydrogen-bond acceptors (Lipinski definition) is 2. The average molecular weight is 387 g/mol. The smallest absolute Gasteiger partial charge is 0.124 e. The first kappa shape index (κ1) is 19.7. The number of benzene rings is 3. The Morgan fingerprint density at radius 3 is 1.83 bits per heavy atom. The molecule has 3 unspecified atom stereocenters. The number of aliphatic hydroxyl groups excluding tert-OH is 1. The van der Waals surface area contributed by atoms with E-state index in [1.165, 1.54) is 29.5 Å². The molecule has 0 amide bonds. The second kappa shape index (κ2) is 8.04. The Labute approximate surface area is 173 Å². The Balaban J connectivity index is 0.000000243. The molecule has 0 radical (unpaired) electrons. The first-order valence-electron chi connectivity index (χ1n) is 10.6. The molecule has 2 N–H and O–H groups in total. The van der Waals surface area contributed by atoms with E-state index >= 15 is 0 Å². The van der Waals surface area contributed by atoms with Crippen molar-refractivity contribution in [2.75, 3.05) is 0 Å². The quantitative estimate of drug-likeness (QED) is 0.533. The van der Waals surface area contributed by atoms with Crippen LogP contribution in [-0.2, 0) is 0 Å². The molecule has 0 saturated heterocycles. The average Bonchev–Trinajstić information content (AvgIpc) is 3.40. The fraction of sp³-hybridized carbons (Fsp3) is 0.333. The van der Waals surface area contributed by atoms with Gasteiger partial charge in [-0.15, -0.1) is 0 Å². The Bertz CT molecular complexity index is 950. The zero-order valence-electron chi connectivity index (χ0n) is 17.5. The van der Waals surface area contributed by atoms with Gasteiger partial charge in [-0.25, -0.2) is 0 Å². The summed E-state index contributed by atoms with van der Waals surface area (Å²) in [4.78, 5) is 0. The number of phenols is 1. The summed E-state index contributed by atoms with van der Waals surface area (Å²) in [5.74, 6) is 2.00. The van der Waals surface area contributed by atoms with Crippen LogP contribution in [0, 0.1) is 32.6 Å². The van der Waals surface area contributed by atoms with Gasteiger partial charge < -0.3 is 10.2 Å². The summed E-state index contributed by atoms with van der Waals surface area (Å²) in [5.41, 5.74) is 7.79. The lowest BCUT2D eigenvalue weighted by Crippen LogP contribution is -2.02. The molecule has 2 aliphatic carbocycles. The van der Waals surface area contributed by atoms with Gasteiger partial charge in [0.25, 0.3) is 0 Å². The fourth-order valence-electron chi connectivity index (χ4n) is 4.63. The second-order valence-corrected chi connectivity index (χ2v) is 8.69. The lowest BCUT2D eigenvalue weighted by atomic mass is 9.89. The van der Waals surface area contributed by atoms with E-state index in [1.807, 2.05) is 12.1 Å². The van der Waals surface area contributed by atoms with Gasteiger partial charge in [-0.05, 0) is 80.2 Å². The van der Waals surface area contributed by atoms with Gasteiger partial charge in [-0.1, -0.05) is 65.7 Å². The van der Waals surface area contributed by atoms with Crippen LogP contribution in [0.3, 0.4) is 0 Å². The van der Waals surface area contributed by atoms with E-state index in [0.717, 1.165) is 40.5 Å². The second-order valence-electron chi connectivity index (χ2n) is 8.69. The molecule has 2 saturated carbocycles. The summed E-state index contributed by atoms with van der Waals surface area (Å²) in [7, 11) is 0. The van der Waals surface area contributed by atoms with Crippen molar-refractivity contribution in [2.24, 2.45) is 11.8 Å². The van der Waals surface area contributed by atoms with Crippen LogP contribution < -0.4 is 0 Å². The SMILES string of the molecule is Cc1cccc(-c2c(C)ccc(O)c2-c2cccc(C)c2)c1.OC1CCC2CC12. The Morgan fingerprint density at radius 2 is 1.38 bits per heavy atom. The maximum atomic E-state index is 10.5. The topological polar surface area (TPSA) is 40.5 Å². The highest BCUT2D eigenvalue weighted by atomic mass is 16.3. The van der Waals surface area contributed by atoms with Crippen molar-refractivity contribution in [3.8, 4) is 28.0 Å². The summed E-state index contributed by atoms with van der Waals surface area (Å²) in [6.07, 6.45) is 3.78. The molecule has 5 rings (SSSR count). The minimum atomic E-state index is 0.0880. The molecule has 2 fully saturated rings. The normalized spacial score (nSPS) is 21.9. The Morgan fingerprint density at radius 1 is 0.759 bits per heavy atom. The minimum absolute atomic E-state index is 0.0880. The standard InChI is InChI=1S/C21H20O.C6H10O/c1-14-6-4-8-17(12-14)20-16(3)10-11-19(22)21(20)18-9-5-7-15(2)13-18;7-6-2-1-4-3-5(4)6/h4-13,22H,1-3H3;4-7H,1-3H2. The number of phenolic OH excluding ortho intramolecular Hbond substituents is 1. The molecular weight excluding hydrogens is 356 g/mol. The zero-order chi connectivity index (χ0) is 20.5. The molecule has 150 valence electrons. The van der Waals surface area contributed by atoms with E-state index in [-0.39, 0.29) is 6.10 Å². The van der Waals surface area contributed by atoms with Gasteiger partial charge in [0.1, 0.15) is 5.75 Å². The molecule has 2 aliphatic rings. The number of hydrogen-bond donors (Lipinski definition) is 2. The predicted octanol–water partition coefficient (Wildman–Crippen LogP) is 6.43. The zero-order valence-corrected chi connectivity index (χ0v) is 17.5. The lowest BCUT2D eigenvalue weighted by Gasteiger charge is -2.16. The van der Waals surface area contributed by atoms with Crippen molar-refractivity contribution in [2.45, 2.75) is 46.1 Å². The van der Waals surface area contributed by atoms with Crippen LogP contribution >= 0.6 is 0 Å². The Hall–Kier alpha value is -2.58. The summed E-state index contributed by atoms with van der Waals surface area (Å²) in [5, 5.41) is 19.5. The van der Waals surface area contributed by atoms with Crippen LogP contribution in [0.15, 0.2) is 60.7 Å². The third kappa shape index (κ3) is 4.23. The first-order valence-corrected chi connectivity index (χ1v) is 10.6. The molecule has 29 heavy (non-hydrogen) atoms. The predicted molar refractivity (Wildman–Crippen MR) is 120 cm³/mol. The monoisotopic (exact) mass is 386 g/mol. The highest BCUT2D eigenvalue weighted by Gasteiger charge is 2.47. The maximum Gasteiger partial charge on any atom is 0.124 e. The van der Waals surface area contributed by atoms with E-state index in [0.29, 0.717) is 5.75 Å². The molecule has 0 heterocycles. The molecule has 3 aromatic carbocycles. The van der Waals surface area contributed by atoms with E-state index in [2.05, 4.69) is 63.2 Å². The van der Waals surface area contributed by atoms with Gasteiger partial charge in [0.15, 0.2) is 0 Å². The van der Waals surface area contributed by atoms with E-state index in [1.54, 1.807) is 6.07 Å². The number of fused-ring (bicyclic) bond motifs is 1. The molecule has 2 heteroatoms. The number of aryl methyl sites for hydroxylation is 3.